The topological polar surface area (TPSA) is 9.23 Å². The summed E-state index contributed by atoms with van der Waals surface area (Å²) < 4.78 is 7.26. The first kappa shape index (κ1) is 8.85. The van der Waals surface area contributed by atoms with Crippen molar-refractivity contribution < 1.29 is 4.74 Å². The first-order valence-electron chi connectivity index (χ1n) is 3.95. The number of methoxy groups -OCH3 is 1. The van der Waals surface area contributed by atoms with Crippen LogP contribution in [0, 0.1) is 6.92 Å². The lowest BCUT2D eigenvalue weighted by molar-refractivity contribution is 0.412. The monoisotopic (exact) mass is 212 g/mol. The molecule has 1 aromatic heterocycles. The molecule has 0 radical (unpaired) electrons. The van der Waals surface area contributed by atoms with Crippen LogP contribution < -0.4 is 4.74 Å². The van der Waals surface area contributed by atoms with Crippen molar-refractivity contribution in [3.63, 3.8) is 0 Å². The molecule has 0 aliphatic heterocycles. The Kier molecular flexibility index (Phi) is 2.18. The van der Waals surface area contributed by atoms with Gasteiger partial charge in [0.05, 0.1) is 11.4 Å². The molecule has 0 unspecified atom stereocenters. The average molecular weight is 213 g/mol. The highest BCUT2D eigenvalue weighted by Crippen LogP contribution is 2.35. The number of hydrogen-bond acceptors (Lipinski definition) is 2. The molecule has 0 spiro atoms. The maximum Gasteiger partial charge on any atom is 0.122 e. The van der Waals surface area contributed by atoms with E-state index in [2.05, 4.69) is 0 Å². The lowest BCUT2D eigenvalue weighted by atomic mass is 10.1. The molecule has 2 rings (SSSR count). The van der Waals surface area contributed by atoms with Gasteiger partial charge >= 0.3 is 0 Å². The molecule has 0 saturated heterocycles. The van der Waals surface area contributed by atoms with Crippen molar-refractivity contribution >= 4 is 33.0 Å². The SMILES string of the molecule is COc1ccc2sc(Cl)cc2c1C. The fourth-order valence-electron chi connectivity index (χ4n) is 1.42. The van der Waals surface area contributed by atoms with Crippen molar-refractivity contribution in [1.29, 1.82) is 0 Å². The highest BCUT2D eigenvalue weighted by Gasteiger charge is 2.06. The number of thiophene rings is 1. The van der Waals surface area contributed by atoms with Crippen LogP contribution in [0.5, 0.6) is 5.75 Å². The van der Waals surface area contributed by atoms with E-state index in [9.17, 15) is 0 Å². The van der Waals surface area contributed by atoms with E-state index in [4.69, 9.17) is 16.3 Å². The van der Waals surface area contributed by atoms with Crippen LogP contribution in [0.15, 0.2) is 18.2 Å². The van der Waals surface area contributed by atoms with Crippen LogP contribution in [0.4, 0.5) is 0 Å². The maximum atomic E-state index is 5.93. The van der Waals surface area contributed by atoms with Crippen molar-refractivity contribution in [2.45, 2.75) is 6.92 Å². The number of benzene rings is 1. The Bertz CT molecular complexity index is 447. The molecule has 0 amide bonds. The van der Waals surface area contributed by atoms with Gasteiger partial charge in [0, 0.05) is 10.1 Å². The molecule has 0 bridgehead atoms. The second kappa shape index (κ2) is 3.20. The lowest BCUT2D eigenvalue weighted by Crippen LogP contribution is -1.85. The molecule has 1 aromatic carbocycles. The molecule has 13 heavy (non-hydrogen) atoms. The summed E-state index contributed by atoms with van der Waals surface area (Å²) in [5.41, 5.74) is 1.16. The minimum absolute atomic E-state index is 0.825. The van der Waals surface area contributed by atoms with Gasteiger partial charge in [-0.2, -0.15) is 0 Å². The normalized spacial score (nSPS) is 10.7. The summed E-state index contributed by atoms with van der Waals surface area (Å²) in [5.74, 6) is 0.918. The second-order valence-electron chi connectivity index (χ2n) is 2.86. The Morgan fingerprint density at radius 1 is 1.38 bits per heavy atom. The number of hydrogen-bond donors (Lipinski definition) is 0. The fraction of sp³-hybridized carbons (Fsp3) is 0.200. The summed E-state index contributed by atoms with van der Waals surface area (Å²) >= 11 is 7.52. The number of aryl methyl sites for hydroxylation is 1. The minimum Gasteiger partial charge on any atom is -0.496 e. The molecular weight excluding hydrogens is 204 g/mol. The maximum absolute atomic E-state index is 5.93. The molecule has 0 aliphatic carbocycles. The van der Waals surface area contributed by atoms with E-state index in [0.29, 0.717) is 0 Å². The van der Waals surface area contributed by atoms with Crippen molar-refractivity contribution in [3.8, 4) is 5.75 Å². The first-order chi connectivity index (χ1) is 6.22. The molecule has 1 nitrogen and oxygen atoms in total. The van der Waals surface area contributed by atoms with Gasteiger partial charge in [-0.15, -0.1) is 11.3 Å². The molecule has 0 fully saturated rings. The van der Waals surface area contributed by atoms with E-state index in [-0.39, 0.29) is 0 Å². The quantitative estimate of drug-likeness (QED) is 0.697. The van der Waals surface area contributed by atoms with Crippen molar-refractivity contribution in [1.82, 2.24) is 0 Å². The van der Waals surface area contributed by atoms with E-state index >= 15 is 0 Å². The van der Waals surface area contributed by atoms with Crippen LogP contribution in [0.1, 0.15) is 5.56 Å². The third-order valence-electron chi connectivity index (χ3n) is 2.11. The Balaban J connectivity index is 2.78. The fourth-order valence-corrected chi connectivity index (χ4v) is 2.62. The molecular formula is C10H9ClOS. The summed E-state index contributed by atoms with van der Waals surface area (Å²) in [5, 5.41) is 1.19. The summed E-state index contributed by atoms with van der Waals surface area (Å²) in [6, 6.07) is 6.00. The van der Waals surface area contributed by atoms with E-state index < -0.39 is 0 Å². The zero-order valence-corrected chi connectivity index (χ0v) is 9.00. The van der Waals surface area contributed by atoms with Crippen LogP contribution in [0.3, 0.4) is 0 Å². The Hall–Kier alpha value is -0.730. The van der Waals surface area contributed by atoms with E-state index in [1.807, 2.05) is 25.1 Å². The minimum atomic E-state index is 0.825. The number of rotatable bonds is 1. The largest absolute Gasteiger partial charge is 0.496 e. The smallest absolute Gasteiger partial charge is 0.122 e. The molecule has 2 aromatic rings. The van der Waals surface area contributed by atoms with Crippen molar-refractivity contribution in [2.24, 2.45) is 0 Å². The van der Waals surface area contributed by atoms with Crippen LogP contribution in [0.25, 0.3) is 10.1 Å². The predicted octanol–water partition coefficient (Wildman–Crippen LogP) is 3.87. The van der Waals surface area contributed by atoms with Gasteiger partial charge in [-0.1, -0.05) is 11.6 Å². The third-order valence-corrected chi connectivity index (χ3v) is 3.34. The van der Waals surface area contributed by atoms with Crippen LogP contribution in [-0.2, 0) is 0 Å². The van der Waals surface area contributed by atoms with Gasteiger partial charge in [-0.05, 0) is 30.7 Å². The lowest BCUT2D eigenvalue weighted by Gasteiger charge is -2.04. The van der Waals surface area contributed by atoms with Gasteiger partial charge in [-0.25, -0.2) is 0 Å². The average Bonchev–Trinajstić information content (AvgIpc) is 2.47. The second-order valence-corrected chi connectivity index (χ2v) is 4.57. The zero-order chi connectivity index (χ0) is 9.42. The molecule has 0 N–H and O–H groups in total. The van der Waals surface area contributed by atoms with Gasteiger partial charge < -0.3 is 4.74 Å². The number of halogens is 1. The van der Waals surface area contributed by atoms with Gasteiger partial charge in [0.2, 0.25) is 0 Å². The molecule has 0 atom stereocenters. The van der Waals surface area contributed by atoms with Crippen LogP contribution >= 0.6 is 22.9 Å². The summed E-state index contributed by atoms with van der Waals surface area (Å²) in [7, 11) is 1.68. The molecule has 68 valence electrons. The summed E-state index contributed by atoms with van der Waals surface area (Å²) in [6.07, 6.45) is 0. The first-order valence-corrected chi connectivity index (χ1v) is 5.14. The molecule has 3 heteroatoms. The van der Waals surface area contributed by atoms with Crippen LogP contribution in [0.2, 0.25) is 4.34 Å². The molecule has 0 saturated carbocycles. The van der Waals surface area contributed by atoms with Crippen LogP contribution in [-0.4, -0.2) is 7.11 Å². The zero-order valence-electron chi connectivity index (χ0n) is 7.43. The standard InChI is InChI=1S/C10H9ClOS/c1-6-7-5-10(11)13-9(7)4-3-8(6)12-2/h3-5H,1-2H3. The Labute approximate surface area is 85.9 Å². The van der Waals surface area contributed by atoms with E-state index in [1.54, 1.807) is 18.4 Å². The Morgan fingerprint density at radius 3 is 2.85 bits per heavy atom. The van der Waals surface area contributed by atoms with Gasteiger partial charge in [0.25, 0.3) is 0 Å². The van der Waals surface area contributed by atoms with Gasteiger partial charge in [0.1, 0.15) is 5.75 Å². The molecule has 0 aliphatic rings. The highest BCUT2D eigenvalue weighted by molar-refractivity contribution is 7.22. The number of fused-ring (bicyclic) bond motifs is 1. The van der Waals surface area contributed by atoms with Gasteiger partial charge in [-0.3, -0.25) is 0 Å². The molecule has 1 heterocycles. The highest BCUT2D eigenvalue weighted by atomic mass is 35.5. The summed E-state index contributed by atoms with van der Waals surface area (Å²) in [6.45, 7) is 2.05. The van der Waals surface area contributed by atoms with Crippen molar-refractivity contribution in [3.05, 3.63) is 28.1 Å². The van der Waals surface area contributed by atoms with Crippen molar-refractivity contribution in [2.75, 3.05) is 7.11 Å². The summed E-state index contributed by atoms with van der Waals surface area (Å²) in [4.78, 5) is 0. The van der Waals surface area contributed by atoms with E-state index in [0.717, 1.165) is 15.6 Å². The Morgan fingerprint density at radius 2 is 2.15 bits per heavy atom. The van der Waals surface area contributed by atoms with Gasteiger partial charge in [0.15, 0.2) is 0 Å². The predicted molar refractivity (Wildman–Crippen MR) is 58.1 cm³/mol. The third kappa shape index (κ3) is 1.40. The number of ether oxygens (including phenoxy) is 1. The van der Waals surface area contributed by atoms with E-state index in [1.165, 1.54) is 10.1 Å².